The van der Waals surface area contributed by atoms with Crippen LogP contribution >= 0.6 is 0 Å². The van der Waals surface area contributed by atoms with Crippen molar-refractivity contribution in [3.8, 4) is 22.5 Å². The first-order valence-corrected chi connectivity index (χ1v) is 17.9. The van der Waals surface area contributed by atoms with E-state index >= 15 is 0 Å². The van der Waals surface area contributed by atoms with Crippen molar-refractivity contribution in [2.24, 2.45) is 0 Å². The van der Waals surface area contributed by atoms with Crippen LogP contribution in [-0.4, -0.2) is 85.5 Å². The fraction of sp³-hybridized carbons (Fsp3) is 0.225. The summed E-state index contributed by atoms with van der Waals surface area (Å²) in [6, 6.07) is 18.7. The number of nitrogens with zero attached hydrogens (tertiary/aromatic N) is 6. The minimum Gasteiger partial charge on any atom is -0.465 e. The third kappa shape index (κ3) is 7.44. The number of carbonyl (C=O) groups is 5. The quantitative estimate of drug-likeness (QED) is 0.0750. The summed E-state index contributed by atoms with van der Waals surface area (Å²) in [4.78, 5) is 67.8. The molecule has 4 aromatic heterocycles. The highest BCUT2D eigenvalue weighted by Gasteiger charge is 2.27. The van der Waals surface area contributed by atoms with Gasteiger partial charge in [0.15, 0.2) is 17.6 Å². The number of anilines is 2. The second-order valence-corrected chi connectivity index (χ2v) is 13.5. The van der Waals surface area contributed by atoms with Gasteiger partial charge in [-0.15, -0.1) is 0 Å². The van der Waals surface area contributed by atoms with E-state index in [1.807, 2.05) is 24.3 Å². The van der Waals surface area contributed by atoms with Crippen LogP contribution in [0.1, 0.15) is 68.7 Å². The predicted octanol–water partition coefficient (Wildman–Crippen LogP) is 4.76. The molecule has 3 aliphatic rings. The number of hydrogen-bond acceptors (Lipinski definition) is 13. The van der Waals surface area contributed by atoms with E-state index in [1.165, 1.54) is 20.4 Å². The maximum atomic E-state index is 12.0. The van der Waals surface area contributed by atoms with E-state index in [-0.39, 0.29) is 12.3 Å². The zero-order chi connectivity index (χ0) is 38.9. The summed E-state index contributed by atoms with van der Waals surface area (Å²) in [5, 5.41) is 17.8. The summed E-state index contributed by atoms with van der Waals surface area (Å²) in [6.07, 6.45) is 9.92. The van der Waals surface area contributed by atoms with Crippen molar-refractivity contribution in [2.45, 2.75) is 44.2 Å². The number of aldehydes is 1. The number of aromatic nitrogens is 6. The Morgan fingerprint density at radius 2 is 1.25 bits per heavy atom. The minimum absolute atomic E-state index is 0.0320. The molecule has 1 saturated heterocycles. The topological polar surface area (TPSA) is 200 Å². The summed E-state index contributed by atoms with van der Waals surface area (Å²) in [7, 11) is 2.69. The van der Waals surface area contributed by atoms with Gasteiger partial charge in [0.25, 0.3) is 5.91 Å². The molecule has 2 amide bonds. The number of hydrogen-bond donors (Lipinski definition) is 3. The maximum Gasteiger partial charge on any atom is 0.337 e. The Bertz CT molecular complexity index is 2600. The first kappa shape index (κ1) is 35.8. The van der Waals surface area contributed by atoms with Gasteiger partial charge in [-0.1, -0.05) is 24.3 Å². The average Bonchev–Trinajstić information content (AvgIpc) is 4.11. The van der Waals surface area contributed by atoms with E-state index in [0.717, 1.165) is 54.7 Å². The molecule has 0 unspecified atom stereocenters. The summed E-state index contributed by atoms with van der Waals surface area (Å²) in [5.41, 5.74) is 6.14. The van der Waals surface area contributed by atoms with Crippen molar-refractivity contribution >= 4 is 59.0 Å². The van der Waals surface area contributed by atoms with Crippen LogP contribution in [0.25, 0.3) is 39.9 Å². The summed E-state index contributed by atoms with van der Waals surface area (Å²) in [5.74, 6) is -0.00974. The molecule has 1 aliphatic heterocycles. The molecule has 0 atom stereocenters. The Hall–Kier alpha value is -7.23. The normalized spacial score (nSPS) is 15.6. The molecule has 5 heterocycles. The van der Waals surface area contributed by atoms with Crippen LogP contribution in [0, 0.1) is 0 Å². The van der Waals surface area contributed by atoms with Gasteiger partial charge in [-0.3, -0.25) is 19.7 Å². The first-order chi connectivity index (χ1) is 27.2. The number of fused-ring (bicyclic) bond motifs is 2. The SMILES string of the molecule is COC(=O)c1cccc(-c2cc(NC3CC3)n3ncc(/C=C4\CC(=O)NC4=O)c3n2)c1.COC(=O)c1cccc(-c2cc(NC3CC3)n3ncc(C=O)c3n2)c1. The Morgan fingerprint density at radius 3 is 1.70 bits per heavy atom. The Morgan fingerprint density at radius 1 is 0.750 bits per heavy atom. The van der Waals surface area contributed by atoms with E-state index < -0.39 is 17.8 Å². The number of imide groups is 1. The van der Waals surface area contributed by atoms with E-state index in [1.54, 1.807) is 57.7 Å². The molecule has 2 saturated carbocycles. The van der Waals surface area contributed by atoms with Crippen molar-refractivity contribution < 1.29 is 33.4 Å². The fourth-order valence-corrected chi connectivity index (χ4v) is 6.18. The number of methoxy groups -OCH3 is 2. The number of carbonyl (C=O) groups excluding carboxylic acids is 5. The molecular weight excluding hydrogens is 718 g/mol. The van der Waals surface area contributed by atoms with Gasteiger partial charge in [-0.05, 0) is 56.0 Å². The van der Waals surface area contributed by atoms with Gasteiger partial charge in [0.1, 0.15) is 11.6 Å². The molecule has 56 heavy (non-hydrogen) atoms. The lowest BCUT2D eigenvalue weighted by Crippen LogP contribution is -2.19. The monoisotopic (exact) mass is 753 g/mol. The highest BCUT2D eigenvalue weighted by Crippen LogP contribution is 2.31. The molecular formula is C40H35N9O7. The number of esters is 2. The molecule has 3 fully saturated rings. The molecule has 16 heteroatoms. The fourth-order valence-electron chi connectivity index (χ4n) is 6.18. The number of amides is 2. The molecule has 9 rings (SSSR count). The van der Waals surface area contributed by atoms with Crippen LogP contribution in [0.15, 0.2) is 78.6 Å². The summed E-state index contributed by atoms with van der Waals surface area (Å²) < 4.78 is 12.9. The maximum absolute atomic E-state index is 12.0. The van der Waals surface area contributed by atoms with Gasteiger partial charge in [0.2, 0.25) is 5.91 Å². The van der Waals surface area contributed by atoms with Gasteiger partial charge in [0.05, 0.1) is 61.1 Å². The minimum atomic E-state index is -0.425. The van der Waals surface area contributed by atoms with Gasteiger partial charge in [-0.25, -0.2) is 19.6 Å². The molecule has 0 spiro atoms. The van der Waals surface area contributed by atoms with Crippen molar-refractivity contribution in [1.82, 2.24) is 34.5 Å². The van der Waals surface area contributed by atoms with Crippen LogP contribution in [0.3, 0.4) is 0 Å². The molecule has 3 N–H and O–H groups in total. The van der Waals surface area contributed by atoms with Gasteiger partial charge >= 0.3 is 11.9 Å². The van der Waals surface area contributed by atoms with Crippen molar-refractivity contribution in [3.63, 3.8) is 0 Å². The number of rotatable bonds is 10. The molecule has 2 aromatic carbocycles. The standard InChI is InChI=1S/C22H19N5O4.C18H16N4O3/c1-31-22(30)13-4-2-3-12(7-13)17-10-18(24-16-5-6-16)27-20(25-17)15(11-23-27)8-14-9-19(28)26-21(14)29;1-25-18(24)12-4-2-3-11(7-12)15-8-16(20-14-5-6-14)22-17(21-15)13(10-23)9-19-22/h2-4,7-8,10-11,16,24H,5-6,9H2,1H3,(H,26,28,29);2-4,7-10,14,20H,5-6H2,1H3/b14-8+;. The van der Waals surface area contributed by atoms with Crippen LogP contribution in [0.4, 0.5) is 11.6 Å². The van der Waals surface area contributed by atoms with E-state index in [4.69, 9.17) is 14.5 Å². The van der Waals surface area contributed by atoms with E-state index in [9.17, 15) is 24.0 Å². The zero-order valence-electron chi connectivity index (χ0n) is 30.3. The Balaban J connectivity index is 0.000000161. The Labute approximate surface area is 318 Å². The van der Waals surface area contributed by atoms with Crippen molar-refractivity contribution in [3.05, 3.63) is 101 Å². The van der Waals surface area contributed by atoms with Gasteiger partial charge in [0, 0.05) is 46.5 Å². The lowest BCUT2D eigenvalue weighted by Gasteiger charge is -2.11. The third-order valence-corrected chi connectivity index (χ3v) is 9.37. The predicted molar refractivity (Wildman–Crippen MR) is 204 cm³/mol. The lowest BCUT2D eigenvalue weighted by atomic mass is 10.1. The molecule has 0 radical (unpaired) electrons. The molecule has 16 nitrogen and oxygen atoms in total. The second-order valence-electron chi connectivity index (χ2n) is 13.5. The van der Waals surface area contributed by atoms with E-state index in [0.29, 0.717) is 62.6 Å². The van der Waals surface area contributed by atoms with Crippen LogP contribution in [-0.2, 0) is 19.1 Å². The number of nitrogens with one attached hydrogen (secondary N) is 3. The van der Waals surface area contributed by atoms with Crippen molar-refractivity contribution in [2.75, 3.05) is 24.9 Å². The summed E-state index contributed by atoms with van der Waals surface area (Å²) in [6.45, 7) is 0. The lowest BCUT2D eigenvalue weighted by molar-refractivity contribution is -0.124. The average molecular weight is 754 g/mol. The molecule has 0 bridgehead atoms. The highest BCUT2D eigenvalue weighted by molar-refractivity contribution is 6.15. The molecule has 282 valence electrons. The Kier molecular flexibility index (Phi) is 9.51. The van der Waals surface area contributed by atoms with Crippen LogP contribution in [0.2, 0.25) is 0 Å². The van der Waals surface area contributed by atoms with Crippen LogP contribution in [0.5, 0.6) is 0 Å². The smallest absolute Gasteiger partial charge is 0.337 e. The van der Waals surface area contributed by atoms with E-state index in [2.05, 4.69) is 31.1 Å². The first-order valence-electron chi connectivity index (χ1n) is 17.9. The molecule has 2 aliphatic carbocycles. The largest absolute Gasteiger partial charge is 0.465 e. The number of ether oxygens (including phenoxy) is 2. The van der Waals surface area contributed by atoms with Gasteiger partial charge < -0.3 is 20.1 Å². The number of benzene rings is 2. The van der Waals surface area contributed by atoms with Crippen molar-refractivity contribution in [1.29, 1.82) is 0 Å². The van der Waals surface area contributed by atoms with Crippen LogP contribution < -0.4 is 16.0 Å². The zero-order valence-corrected chi connectivity index (χ0v) is 30.3. The second kappa shape index (κ2) is 14.9. The third-order valence-electron chi connectivity index (χ3n) is 9.37. The highest BCUT2D eigenvalue weighted by atomic mass is 16.5. The molecule has 6 aromatic rings. The summed E-state index contributed by atoms with van der Waals surface area (Å²) >= 11 is 0. The van der Waals surface area contributed by atoms with Gasteiger partial charge in [-0.2, -0.15) is 19.2 Å².